The van der Waals surface area contributed by atoms with E-state index >= 15 is 0 Å². The van der Waals surface area contributed by atoms with Gasteiger partial charge in [0.2, 0.25) is 0 Å². The molecule has 23 heavy (non-hydrogen) atoms. The molecule has 116 valence electrons. The first kappa shape index (κ1) is 15.4. The minimum atomic E-state index is -0.331. The lowest BCUT2D eigenvalue weighted by molar-refractivity contribution is -0.118. The number of ether oxygens (including phenoxy) is 1. The Kier molecular flexibility index (Phi) is 4.48. The van der Waals surface area contributed by atoms with Crippen molar-refractivity contribution in [1.82, 2.24) is 0 Å². The summed E-state index contributed by atoms with van der Waals surface area (Å²) in [6.45, 7) is -0.129. The Balaban J connectivity index is 1.65. The van der Waals surface area contributed by atoms with E-state index in [1.165, 1.54) is 6.07 Å². The van der Waals surface area contributed by atoms with Gasteiger partial charge in [0.15, 0.2) is 6.61 Å². The third-order valence-electron chi connectivity index (χ3n) is 3.32. The summed E-state index contributed by atoms with van der Waals surface area (Å²) in [5.74, 6) is 0.312. The monoisotopic (exact) mass is 371 g/mol. The number of carbonyl (C=O) groups excluding carboxylic acids is 1. The van der Waals surface area contributed by atoms with Crippen molar-refractivity contribution in [3.05, 3.63) is 65.1 Å². The van der Waals surface area contributed by atoms with Crippen molar-refractivity contribution in [2.45, 2.75) is 0 Å². The zero-order chi connectivity index (χ0) is 16.2. The minimum absolute atomic E-state index is 0.0251. The highest BCUT2D eigenvalue weighted by molar-refractivity contribution is 9.10. The number of para-hydroxylation sites is 2. The summed E-state index contributed by atoms with van der Waals surface area (Å²) < 4.78 is 6.53. The molecule has 3 rings (SSSR count). The Morgan fingerprint density at radius 1 is 1.04 bits per heavy atom. The van der Waals surface area contributed by atoms with Crippen LogP contribution in [0.5, 0.6) is 11.5 Å². The van der Waals surface area contributed by atoms with Crippen LogP contribution in [0.3, 0.4) is 0 Å². The van der Waals surface area contributed by atoms with Crippen molar-refractivity contribution >= 4 is 38.3 Å². The van der Waals surface area contributed by atoms with E-state index in [0.29, 0.717) is 11.4 Å². The molecule has 0 saturated carbocycles. The van der Waals surface area contributed by atoms with Crippen LogP contribution in [-0.4, -0.2) is 17.6 Å². The third-order valence-corrected chi connectivity index (χ3v) is 3.82. The highest BCUT2D eigenvalue weighted by Crippen LogP contribution is 2.24. The van der Waals surface area contributed by atoms with Crippen LogP contribution in [0.25, 0.3) is 10.8 Å². The van der Waals surface area contributed by atoms with Crippen molar-refractivity contribution in [3.63, 3.8) is 0 Å². The molecule has 0 saturated heterocycles. The molecule has 3 aromatic rings. The second kappa shape index (κ2) is 6.71. The number of fused-ring (bicyclic) bond motifs is 1. The van der Waals surface area contributed by atoms with Crippen molar-refractivity contribution in [2.75, 3.05) is 11.9 Å². The number of nitrogens with one attached hydrogen (secondary N) is 1. The number of phenolic OH excluding ortho intramolecular Hbond substituents is 1. The number of benzene rings is 3. The van der Waals surface area contributed by atoms with E-state index in [1.807, 2.05) is 36.4 Å². The van der Waals surface area contributed by atoms with Crippen LogP contribution in [-0.2, 0) is 4.79 Å². The van der Waals surface area contributed by atoms with Crippen LogP contribution in [0.15, 0.2) is 65.1 Å². The van der Waals surface area contributed by atoms with Gasteiger partial charge in [0.1, 0.15) is 11.5 Å². The maximum absolute atomic E-state index is 11.9. The first-order valence-electron chi connectivity index (χ1n) is 7.02. The number of rotatable bonds is 4. The largest absolute Gasteiger partial charge is 0.506 e. The molecule has 0 aliphatic rings. The molecular formula is C18H14BrNO3. The molecule has 5 heteroatoms. The van der Waals surface area contributed by atoms with Gasteiger partial charge in [-0.1, -0.05) is 40.2 Å². The van der Waals surface area contributed by atoms with E-state index in [2.05, 4.69) is 21.2 Å². The molecule has 3 aromatic carbocycles. The summed E-state index contributed by atoms with van der Waals surface area (Å²) in [5.41, 5.74) is 0.365. The number of halogens is 1. The predicted molar refractivity (Wildman–Crippen MR) is 93.9 cm³/mol. The molecule has 0 aromatic heterocycles. The summed E-state index contributed by atoms with van der Waals surface area (Å²) in [6.07, 6.45) is 0. The van der Waals surface area contributed by atoms with Gasteiger partial charge in [-0.15, -0.1) is 0 Å². The Morgan fingerprint density at radius 3 is 2.61 bits per heavy atom. The Labute approximate surface area is 141 Å². The number of aromatic hydroxyl groups is 1. The lowest BCUT2D eigenvalue weighted by Gasteiger charge is -2.09. The van der Waals surface area contributed by atoms with Gasteiger partial charge in [-0.3, -0.25) is 4.79 Å². The van der Waals surface area contributed by atoms with Crippen molar-refractivity contribution in [3.8, 4) is 11.5 Å². The molecule has 0 spiro atoms. The van der Waals surface area contributed by atoms with Gasteiger partial charge >= 0.3 is 0 Å². The highest BCUT2D eigenvalue weighted by Gasteiger charge is 2.07. The maximum Gasteiger partial charge on any atom is 0.262 e. The van der Waals surface area contributed by atoms with E-state index < -0.39 is 0 Å². The molecule has 0 aliphatic carbocycles. The average Bonchev–Trinajstić information content (AvgIpc) is 2.55. The van der Waals surface area contributed by atoms with Crippen LogP contribution >= 0.6 is 15.9 Å². The molecule has 0 unspecified atom stereocenters. The second-order valence-electron chi connectivity index (χ2n) is 5.01. The molecule has 0 atom stereocenters. The summed E-state index contributed by atoms with van der Waals surface area (Å²) in [6, 6.07) is 18.2. The predicted octanol–water partition coefficient (Wildman–Crippen LogP) is 4.33. The Hall–Kier alpha value is -2.53. The quantitative estimate of drug-likeness (QED) is 0.671. The Morgan fingerprint density at radius 2 is 1.78 bits per heavy atom. The first-order chi connectivity index (χ1) is 11.1. The van der Waals surface area contributed by atoms with Crippen LogP contribution in [0, 0.1) is 0 Å². The Bertz CT molecular complexity index is 864. The third kappa shape index (κ3) is 3.81. The minimum Gasteiger partial charge on any atom is -0.506 e. The van der Waals surface area contributed by atoms with Gasteiger partial charge in [-0.05, 0) is 47.2 Å². The van der Waals surface area contributed by atoms with Gasteiger partial charge < -0.3 is 15.2 Å². The van der Waals surface area contributed by atoms with Crippen LogP contribution in [0.4, 0.5) is 5.69 Å². The zero-order valence-electron chi connectivity index (χ0n) is 12.1. The maximum atomic E-state index is 11.9. The normalized spacial score (nSPS) is 10.5. The summed E-state index contributed by atoms with van der Waals surface area (Å²) in [5, 5.41) is 14.4. The average molecular weight is 372 g/mol. The van der Waals surface area contributed by atoms with E-state index in [4.69, 9.17) is 4.74 Å². The summed E-state index contributed by atoms with van der Waals surface area (Å²) in [4.78, 5) is 11.9. The van der Waals surface area contributed by atoms with Crippen molar-refractivity contribution in [1.29, 1.82) is 0 Å². The summed E-state index contributed by atoms with van der Waals surface area (Å²) in [7, 11) is 0. The second-order valence-corrected chi connectivity index (χ2v) is 5.92. The number of phenols is 1. The fourth-order valence-corrected chi connectivity index (χ4v) is 2.58. The molecule has 0 fully saturated rings. The van der Waals surface area contributed by atoms with E-state index in [-0.39, 0.29) is 18.3 Å². The molecular weight excluding hydrogens is 358 g/mol. The fourth-order valence-electron chi connectivity index (χ4n) is 2.20. The van der Waals surface area contributed by atoms with E-state index in [9.17, 15) is 9.90 Å². The summed E-state index contributed by atoms with van der Waals surface area (Å²) >= 11 is 3.43. The van der Waals surface area contributed by atoms with Gasteiger partial charge in [0, 0.05) is 4.47 Å². The molecule has 2 N–H and O–H groups in total. The topological polar surface area (TPSA) is 58.6 Å². The number of carbonyl (C=O) groups is 1. The molecule has 0 bridgehead atoms. The number of hydrogen-bond donors (Lipinski definition) is 2. The molecule has 0 heterocycles. The number of hydrogen-bond acceptors (Lipinski definition) is 3. The fraction of sp³-hybridized carbons (Fsp3) is 0.0556. The van der Waals surface area contributed by atoms with Crippen molar-refractivity contribution in [2.24, 2.45) is 0 Å². The number of anilines is 1. The number of amides is 1. The standard InChI is InChI=1S/C18H14BrNO3/c19-14-7-5-13-10-15(8-6-12(13)9-14)23-11-18(22)20-16-3-1-2-4-17(16)21/h1-10,21H,11H2,(H,20,22). The first-order valence-corrected chi connectivity index (χ1v) is 7.81. The van der Waals surface area contributed by atoms with Gasteiger partial charge in [0.05, 0.1) is 5.69 Å². The van der Waals surface area contributed by atoms with Crippen LogP contribution < -0.4 is 10.1 Å². The van der Waals surface area contributed by atoms with Crippen molar-refractivity contribution < 1.29 is 14.6 Å². The van der Waals surface area contributed by atoms with Crippen LogP contribution in [0.1, 0.15) is 0 Å². The SMILES string of the molecule is O=C(COc1ccc2cc(Br)ccc2c1)Nc1ccccc1O. The van der Waals surface area contributed by atoms with E-state index in [1.54, 1.807) is 18.2 Å². The lowest BCUT2D eigenvalue weighted by Crippen LogP contribution is -2.20. The van der Waals surface area contributed by atoms with E-state index in [0.717, 1.165) is 15.2 Å². The van der Waals surface area contributed by atoms with Gasteiger partial charge in [-0.2, -0.15) is 0 Å². The molecule has 0 radical (unpaired) electrons. The zero-order valence-corrected chi connectivity index (χ0v) is 13.7. The molecule has 0 aliphatic heterocycles. The molecule has 1 amide bonds. The van der Waals surface area contributed by atoms with Gasteiger partial charge in [-0.25, -0.2) is 0 Å². The molecule has 4 nitrogen and oxygen atoms in total. The smallest absolute Gasteiger partial charge is 0.262 e. The van der Waals surface area contributed by atoms with Gasteiger partial charge in [0.25, 0.3) is 5.91 Å². The highest BCUT2D eigenvalue weighted by atomic mass is 79.9. The lowest BCUT2D eigenvalue weighted by atomic mass is 10.1. The van der Waals surface area contributed by atoms with Crippen LogP contribution in [0.2, 0.25) is 0 Å².